The van der Waals surface area contributed by atoms with E-state index in [-0.39, 0.29) is 9.89 Å². The second kappa shape index (κ2) is 6.17. The first-order chi connectivity index (χ1) is 8.66. The number of imidazole rings is 1. The van der Waals surface area contributed by atoms with Gasteiger partial charge in [-0.25, -0.2) is 4.98 Å². The number of esters is 1. The zero-order valence-corrected chi connectivity index (χ0v) is 12.3. The van der Waals surface area contributed by atoms with Crippen molar-refractivity contribution in [2.75, 3.05) is 6.61 Å². The first-order valence-electron chi connectivity index (χ1n) is 5.91. The van der Waals surface area contributed by atoms with E-state index in [2.05, 4.69) is 9.97 Å². The summed E-state index contributed by atoms with van der Waals surface area (Å²) < 4.78 is 5.02. The number of carbonyl (C=O) groups excluding carboxylic acids is 1. The van der Waals surface area contributed by atoms with Crippen LogP contribution in [0.1, 0.15) is 19.2 Å². The number of rotatable bonds is 5. The van der Waals surface area contributed by atoms with Crippen LogP contribution < -0.4 is 0 Å². The number of nitrogens with zero attached hydrogens (tertiary/aromatic N) is 1. The van der Waals surface area contributed by atoms with E-state index in [4.69, 9.17) is 4.74 Å². The van der Waals surface area contributed by atoms with Crippen LogP contribution in [-0.2, 0) is 16.0 Å². The summed E-state index contributed by atoms with van der Waals surface area (Å²) in [5, 5.41) is 0. The molecule has 0 fully saturated rings. The van der Waals surface area contributed by atoms with Crippen molar-refractivity contribution in [3.63, 3.8) is 0 Å². The highest BCUT2D eigenvalue weighted by Crippen LogP contribution is 2.11. The number of ether oxygens (including phenoxy) is 1. The van der Waals surface area contributed by atoms with Gasteiger partial charge in [-0.1, -0.05) is 34.7 Å². The number of aromatic amines is 1. The highest BCUT2D eigenvalue weighted by molar-refractivity contribution is 14.1. The third-order valence-electron chi connectivity index (χ3n) is 2.57. The first kappa shape index (κ1) is 13.3. The van der Waals surface area contributed by atoms with Crippen LogP contribution >= 0.6 is 22.6 Å². The molecule has 2 aromatic rings. The average Bonchev–Trinajstić information content (AvgIpc) is 2.76. The van der Waals surface area contributed by atoms with Crippen LogP contribution in [-0.4, -0.2) is 26.5 Å². The van der Waals surface area contributed by atoms with E-state index in [0.717, 1.165) is 29.7 Å². The van der Waals surface area contributed by atoms with E-state index in [9.17, 15) is 4.79 Å². The molecule has 1 heterocycles. The summed E-state index contributed by atoms with van der Waals surface area (Å²) in [7, 11) is 0. The Morgan fingerprint density at radius 3 is 3.00 bits per heavy atom. The summed E-state index contributed by atoms with van der Waals surface area (Å²) in [6, 6.07) is 7.93. The van der Waals surface area contributed by atoms with E-state index in [1.807, 2.05) is 53.8 Å². The van der Waals surface area contributed by atoms with E-state index < -0.39 is 0 Å². The second-order valence-electron chi connectivity index (χ2n) is 4.09. The van der Waals surface area contributed by atoms with Crippen LogP contribution in [0.15, 0.2) is 24.3 Å². The number of H-pyrrole nitrogens is 1. The topological polar surface area (TPSA) is 55.0 Å². The number of fused-ring (bicyclic) bond motifs is 1. The monoisotopic (exact) mass is 358 g/mol. The average molecular weight is 358 g/mol. The van der Waals surface area contributed by atoms with Gasteiger partial charge in [-0.3, -0.25) is 4.79 Å². The molecule has 0 aliphatic heterocycles. The summed E-state index contributed by atoms with van der Waals surface area (Å²) >= 11 is 2.05. The molecule has 0 saturated heterocycles. The Labute approximate surface area is 119 Å². The van der Waals surface area contributed by atoms with Crippen molar-refractivity contribution in [1.82, 2.24) is 9.97 Å². The number of benzene rings is 1. The molecule has 5 heteroatoms. The van der Waals surface area contributed by atoms with Gasteiger partial charge >= 0.3 is 5.97 Å². The fourth-order valence-corrected chi connectivity index (χ4v) is 1.83. The number of para-hydroxylation sites is 2. The quantitative estimate of drug-likeness (QED) is 0.387. The molecule has 18 heavy (non-hydrogen) atoms. The Kier molecular flexibility index (Phi) is 4.57. The Morgan fingerprint density at radius 1 is 1.50 bits per heavy atom. The third kappa shape index (κ3) is 3.44. The molecule has 4 nitrogen and oxygen atoms in total. The minimum atomic E-state index is -0.153. The normalized spacial score (nSPS) is 12.6. The predicted molar refractivity (Wildman–Crippen MR) is 78.9 cm³/mol. The SMILES string of the molecule is CC(I)C(=O)OCCCc1nc2ccccc2[nH]1. The molecule has 1 N–H and O–H groups in total. The van der Waals surface area contributed by atoms with Gasteiger partial charge in [-0.2, -0.15) is 0 Å². The van der Waals surface area contributed by atoms with Gasteiger partial charge in [0.25, 0.3) is 0 Å². The van der Waals surface area contributed by atoms with Gasteiger partial charge in [0.15, 0.2) is 0 Å². The summed E-state index contributed by atoms with van der Waals surface area (Å²) in [6.45, 7) is 2.27. The number of hydrogen-bond donors (Lipinski definition) is 1. The number of nitrogens with one attached hydrogen (secondary N) is 1. The lowest BCUT2D eigenvalue weighted by atomic mass is 10.3. The number of alkyl halides is 1. The second-order valence-corrected chi connectivity index (χ2v) is 5.96. The van der Waals surface area contributed by atoms with Gasteiger partial charge in [0, 0.05) is 6.42 Å². The molecule has 1 atom stereocenters. The largest absolute Gasteiger partial charge is 0.465 e. The zero-order chi connectivity index (χ0) is 13.0. The van der Waals surface area contributed by atoms with Crippen molar-refractivity contribution in [3.05, 3.63) is 30.1 Å². The summed E-state index contributed by atoms with van der Waals surface area (Å²) in [4.78, 5) is 19.0. The Balaban J connectivity index is 1.82. The highest BCUT2D eigenvalue weighted by Gasteiger charge is 2.09. The van der Waals surface area contributed by atoms with Gasteiger partial charge in [0.05, 0.1) is 17.6 Å². The summed E-state index contributed by atoms with van der Waals surface area (Å²) in [5.74, 6) is 0.787. The first-order valence-corrected chi connectivity index (χ1v) is 7.15. The molecule has 1 aromatic carbocycles. The molecule has 1 aromatic heterocycles. The third-order valence-corrected chi connectivity index (χ3v) is 3.07. The molecule has 0 aliphatic carbocycles. The van der Waals surface area contributed by atoms with Crippen LogP contribution in [0.5, 0.6) is 0 Å². The summed E-state index contributed by atoms with van der Waals surface area (Å²) in [6.07, 6.45) is 1.58. The lowest BCUT2D eigenvalue weighted by Crippen LogP contribution is -2.14. The number of aryl methyl sites for hydroxylation is 1. The minimum absolute atomic E-state index is 0.0891. The highest BCUT2D eigenvalue weighted by atomic mass is 127. The fraction of sp³-hybridized carbons (Fsp3) is 0.385. The maximum absolute atomic E-state index is 11.2. The molecule has 1 unspecified atom stereocenters. The fourth-order valence-electron chi connectivity index (χ4n) is 1.65. The number of carbonyl (C=O) groups is 1. The van der Waals surface area contributed by atoms with Crippen molar-refractivity contribution in [2.24, 2.45) is 0 Å². The van der Waals surface area contributed by atoms with E-state index in [1.54, 1.807) is 0 Å². The molecular formula is C13H15IN2O2. The standard InChI is InChI=1S/C13H15IN2O2/c1-9(14)13(17)18-8-4-7-12-15-10-5-2-3-6-11(10)16-12/h2-3,5-6,9H,4,7-8H2,1H3,(H,15,16). The molecule has 0 saturated carbocycles. The smallest absolute Gasteiger partial charge is 0.318 e. The number of aromatic nitrogens is 2. The van der Waals surface area contributed by atoms with Crippen molar-refractivity contribution < 1.29 is 9.53 Å². The lowest BCUT2D eigenvalue weighted by molar-refractivity contribution is -0.142. The molecule has 0 aliphatic rings. The minimum Gasteiger partial charge on any atom is -0.465 e. The summed E-state index contributed by atoms with van der Waals surface area (Å²) in [5.41, 5.74) is 2.02. The van der Waals surface area contributed by atoms with Gasteiger partial charge in [0.2, 0.25) is 0 Å². The Bertz CT molecular complexity index is 504. The van der Waals surface area contributed by atoms with Crippen molar-refractivity contribution in [1.29, 1.82) is 0 Å². The molecule has 0 bridgehead atoms. The van der Waals surface area contributed by atoms with Crippen LogP contribution in [0.4, 0.5) is 0 Å². The Hall–Kier alpha value is -1.11. The number of hydrogen-bond acceptors (Lipinski definition) is 3. The van der Waals surface area contributed by atoms with E-state index in [0.29, 0.717) is 6.61 Å². The molecule has 0 amide bonds. The van der Waals surface area contributed by atoms with Gasteiger partial charge in [-0.15, -0.1) is 0 Å². The van der Waals surface area contributed by atoms with Gasteiger partial charge < -0.3 is 9.72 Å². The van der Waals surface area contributed by atoms with Crippen LogP contribution in [0.25, 0.3) is 11.0 Å². The van der Waals surface area contributed by atoms with Gasteiger partial charge in [-0.05, 0) is 25.5 Å². The van der Waals surface area contributed by atoms with Gasteiger partial charge in [0.1, 0.15) is 9.75 Å². The lowest BCUT2D eigenvalue weighted by Gasteiger charge is -2.04. The Morgan fingerprint density at radius 2 is 2.28 bits per heavy atom. The molecule has 96 valence electrons. The van der Waals surface area contributed by atoms with E-state index >= 15 is 0 Å². The van der Waals surface area contributed by atoms with Crippen LogP contribution in [0.2, 0.25) is 0 Å². The van der Waals surface area contributed by atoms with Crippen LogP contribution in [0.3, 0.4) is 0 Å². The van der Waals surface area contributed by atoms with Crippen LogP contribution in [0, 0.1) is 0 Å². The van der Waals surface area contributed by atoms with Crippen molar-refractivity contribution in [3.8, 4) is 0 Å². The molecule has 2 rings (SSSR count). The molecule has 0 radical (unpaired) electrons. The predicted octanol–water partition coefficient (Wildman–Crippen LogP) is 2.86. The van der Waals surface area contributed by atoms with Crippen molar-refractivity contribution in [2.45, 2.75) is 23.7 Å². The molecule has 0 spiro atoms. The maximum atomic E-state index is 11.2. The molecular weight excluding hydrogens is 343 g/mol. The maximum Gasteiger partial charge on any atom is 0.318 e. The van der Waals surface area contributed by atoms with Crippen molar-refractivity contribution >= 4 is 39.6 Å². The zero-order valence-electron chi connectivity index (χ0n) is 10.1. The van der Waals surface area contributed by atoms with E-state index in [1.165, 1.54) is 0 Å². The number of halogens is 1.